The molecule has 1 fully saturated rings. The molecule has 0 unspecified atom stereocenters. The summed E-state index contributed by atoms with van der Waals surface area (Å²) in [5.41, 5.74) is 0. The fourth-order valence-corrected chi connectivity index (χ4v) is 3.22. The second kappa shape index (κ2) is 7.43. The van der Waals surface area contributed by atoms with Gasteiger partial charge in [-0.3, -0.25) is 9.59 Å². The number of thiophene rings is 1. The molecule has 1 heterocycles. The number of esters is 1. The molecule has 1 aromatic rings. The number of hydrogen-bond acceptors (Lipinski definition) is 4. The third-order valence-electron chi connectivity index (χ3n) is 3.63. The van der Waals surface area contributed by atoms with Crippen LogP contribution < -0.4 is 5.32 Å². The van der Waals surface area contributed by atoms with Gasteiger partial charge in [0.25, 0.3) is 5.91 Å². The Balaban J connectivity index is 1.70. The third kappa shape index (κ3) is 4.34. The zero-order chi connectivity index (χ0) is 14.4. The standard InChI is InChI=1S/C15H21NO3S/c1-11(13-8-5-9-20-13)16-14(17)10-19-15(18)12-6-3-2-4-7-12/h5,8-9,11-12H,2-4,6-7,10H2,1H3,(H,16,17)/t11-/m0/s1. The SMILES string of the molecule is C[C@H](NC(=O)COC(=O)C1CCCCC1)c1cccs1. The third-order valence-corrected chi connectivity index (χ3v) is 4.69. The maximum Gasteiger partial charge on any atom is 0.309 e. The lowest BCUT2D eigenvalue weighted by atomic mass is 9.89. The van der Waals surface area contributed by atoms with Crippen molar-refractivity contribution < 1.29 is 14.3 Å². The first kappa shape index (κ1) is 15.0. The van der Waals surface area contributed by atoms with Crippen molar-refractivity contribution in [3.05, 3.63) is 22.4 Å². The molecule has 1 N–H and O–H groups in total. The Hall–Kier alpha value is -1.36. The molecule has 0 saturated heterocycles. The van der Waals surface area contributed by atoms with Crippen LogP contribution in [0.25, 0.3) is 0 Å². The van der Waals surface area contributed by atoms with E-state index in [-0.39, 0.29) is 30.4 Å². The summed E-state index contributed by atoms with van der Waals surface area (Å²) in [6, 6.07) is 3.88. The molecule has 2 rings (SSSR count). The van der Waals surface area contributed by atoms with E-state index in [0.717, 1.165) is 30.6 Å². The van der Waals surface area contributed by atoms with Crippen molar-refractivity contribution >= 4 is 23.2 Å². The minimum absolute atomic E-state index is 0.00808. The minimum atomic E-state index is -0.241. The Labute approximate surface area is 123 Å². The van der Waals surface area contributed by atoms with Crippen LogP contribution in [0.4, 0.5) is 0 Å². The Morgan fingerprint density at radius 1 is 1.40 bits per heavy atom. The van der Waals surface area contributed by atoms with Crippen LogP contribution in [0.1, 0.15) is 49.9 Å². The van der Waals surface area contributed by atoms with E-state index in [4.69, 9.17) is 4.74 Å². The number of rotatable bonds is 5. The predicted molar refractivity (Wildman–Crippen MR) is 78.4 cm³/mol. The van der Waals surface area contributed by atoms with Gasteiger partial charge in [0.1, 0.15) is 0 Å². The van der Waals surface area contributed by atoms with Gasteiger partial charge in [-0.2, -0.15) is 0 Å². The summed E-state index contributed by atoms with van der Waals surface area (Å²) in [4.78, 5) is 24.7. The quantitative estimate of drug-likeness (QED) is 0.849. The lowest BCUT2D eigenvalue weighted by Crippen LogP contribution is -2.32. The van der Waals surface area contributed by atoms with Gasteiger partial charge in [-0.25, -0.2) is 0 Å². The molecule has 1 aliphatic rings. The fraction of sp³-hybridized carbons (Fsp3) is 0.600. The van der Waals surface area contributed by atoms with Gasteiger partial charge in [0.05, 0.1) is 12.0 Å². The molecule has 0 aromatic carbocycles. The zero-order valence-electron chi connectivity index (χ0n) is 11.8. The Morgan fingerprint density at radius 2 is 2.15 bits per heavy atom. The average Bonchev–Trinajstić information content (AvgIpc) is 3.00. The van der Waals surface area contributed by atoms with Gasteiger partial charge in [0.2, 0.25) is 0 Å². The van der Waals surface area contributed by atoms with E-state index in [1.807, 2.05) is 24.4 Å². The van der Waals surface area contributed by atoms with E-state index in [0.29, 0.717) is 0 Å². The normalized spacial score (nSPS) is 17.4. The zero-order valence-corrected chi connectivity index (χ0v) is 12.6. The first-order chi connectivity index (χ1) is 9.66. The van der Waals surface area contributed by atoms with Gasteiger partial charge in [-0.15, -0.1) is 11.3 Å². The maximum atomic E-state index is 11.8. The van der Waals surface area contributed by atoms with Crippen molar-refractivity contribution in [1.29, 1.82) is 0 Å². The van der Waals surface area contributed by atoms with E-state index >= 15 is 0 Å². The van der Waals surface area contributed by atoms with Crippen LogP contribution in [0.2, 0.25) is 0 Å². The van der Waals surface area contributed by atoms with Crippen molar-refractivity contribution in [3.8, 4) is 0 Å². The molecule has 0 spiro atoms. The molecule has 0 radical (unpaired) electrons. The van der Waals surface area contributed by atoms with Crippen molar-refractivity contribution in [1.82, 2.24) is 5.32 Å². The number of nitrogens with one attached hydrogen (secondary N) is 1. The van der Waals surface area contributed by atoms with E-state index in [9.17, 15) is 9.59 Å². The van der Waals surface area contributed by atoms with Crippen LogP contribution in [-0.2, 0) is 14.3 Å². The second-order valence-corrected chi connectivity index (χ2v) is 6.23. The van der Waals surface area contributed by atoms with Crippen LogP contribution >= 0.6 is 11.3 Å². The van der Waals surface area contributed by atoms with E-state index in [1.54, 1.807) is 11.3 Å². The Morgan fingerprint density at radius 3 is 2.80 bits per heavy atom. The number of hydrogen-bond donors (Lipinski definition) is 1. The molecule has 110 valence electrons. The molecule has 5 heteroatoms. The molecule has 1 aliphatic carbocycles. The number of carbonyl (C=O) groups excluding carboxylic acids is 2. The molecule has 20 heavy (non-hydrogen) atoms. The highest BCUT2D eigenvalue weighted by atomic mass is 32.1. The molecule has 1 atom stereocenters. The van der Waals surface area contributed by atoms with Crippen molar-refractivity contribution in [2.24, 2.45) is 5.92 Å². The van der Waals surface area contributed by atoms with Gasteiger partial charge in [0, 0.05) is 4.88 Å². The van der Waals surface area contributed by atoms with Crippen LogP contribution in [0, 0.1) is 5.92 Å². The van der Waals surface area contributed by atoms with Crippen molar-refractivity contribution in [2.75, 3.05) is 6.61 Å². The van der Waals surface area contributed by atoms with Crippen molar-refractivity contribution in [2.45, 2.75) is 45.1 Å². The van der Waals surface area contributed by atoms with Crippen LogP contribution in [0.5, 0.6) is 0 Å². The smallest absolute Gasteiger partial charge is 0.309 e. The molecule has 1 saturated carbocycles. The van der Waals surface area contributed by atoms with Gasteiger partial charge < -0.3 is 10.1 Å². The number of amides is 1. The largest absolute Gasteiger partial charge is 0.455 e. The Bertz CT molecular complexity index is 438. The topological polar surface area (TPSA) is 55.4 Å². The van der Waals surface area contributed by atoms with Gasteiger partial charge in [-0.05, 0) is 31.2 Å². The van der Waals surface area contributed by atoms with E-state index in [2.05, 4.69) is 5.32 Å². The van der Waals surface area contributed by atoms with Gasteiger partial charge in [0.15, 0.2) is 6.61 Å². The predicted octanol–water partition coefficient (Wildman–Crippen LogP) is 3.05. The summed E-state index contributed by atoms with van der Waals surface area (Å²) in [7, 11) is 0. The fourth-order valence-electron chi connectivity index (χ4n) is 2.48. The first-order valence-corrected chi connectivity index (χ1v) is 8.04. The molecule has 1 amide bonds. The van der Waals surface area contributed by atoms with Gasteiger partial charge in [-0.1, -0.05) is 25.3 Å². The summed E-state index contributed by atoms with van der Waals surface area (Å²) in [5.74, 6) is -0.468. The Kier molecular flexibility index (Phi) is 5.59. The molecular formula is C15H21NO3S. The average molecular weight is 295 g/mol. The van der Waals surface area contributed by atoms with Crippen molar-refractivity contribution in [3.63, 3.8) is 0 Å². The summed E-state index contributed by atoms with van der Waals surface area (Å²) in [6.45, 7) is 1.75. The lowest BCUT2D eigenvalue weighted by Gasteiger charge is -2.20. The summed E-state index contributed by atoms with van der Waals surface area (Å²) in [5, 5.41) is 4.81. The van der Waals surface area contributed by atoms with Gasteiger partial charge >= 0.3 is 5.97 Å². The second-order valence-electron chi connectivity index (χ2n) is 5.25. The van der Waals surface area contributed by atoms with Crippen LogP contribution in [0.3, 0.4) is 0 Å². The van der Waals surface area contributed by atoms with E-state index in [1.165, 1.54) is 6.42 Å². The number of ether oxygens (including phenoxy) is 1. The highest BCUT2D eigenvalue weighted by Gasteiger charge is 2.23. The maximum absolute atomic E-state index is 11.8. The summed E-state index contributed by atoms with van der Waals surface area (Å²) < 4.78 is 5.11. The monoisotopic (exact) mass is 295 g/mol. The lowest BCUT2D eigenvalue weighted by molar-refractivity contribution is -0.153. The minimum Gasteiger partial charge on any atom is -0.455 e. The molecule has 0 aliphatic heterocycles. The molecule has 1 aromatic heterocycles. The molecule has 4 nitrogen and oxygen atoms in total. The summed E-state index contributed by atoms with van der Waals surface area (Å²) in [6.07, 6.45) is 5.16. The van der Waals surface area contributed by atoms with E-state index < -0.39 is 0 Å². The highest BCUT2D eigenvalue weighted by Crippen LogP contribution is 2.24. The van der Waals surface area contributed by atoms with Crippen LogP contribution in [-0.4, -0.2) is 18.5 Å². The summed E-state index contributed by atoms with van der Waals surface area (Å²) >= 11 is 1.60. The first-order valence-electron chi connectivity index (χ1n) is 7.16. The molecule has 0 bridgehead atoms. The number of carbonyl (C=O) groups is 2. The highest BCUT2D eigenvalue weighted by molar-refractivity contribution is 7.10. The molecular weight excluding hydrogens is 274 g/mol. The van der Waals surface area contributed by atoms with Crippen LogP contribution in [0.15, 0.2) is 17.5 Å².